The van der Waals surface area contributed by atoms with E-state index in [-0.39, 0.29) is 6.04 Å². The molecule has 2 N–H and O–H groups in total. The molecule has 1 aliphatic rings. The minimum atomic E-state index is 0.0337. The Bertz CT molecular complexity index is 736. The second-order valence-corrected chi connectivity index (χ2v) is 5.86. The van der Waals surface area contributed by atoms with Gasteiger partial charge in [0.15, 0.2) is 16.6 Å². The van der Waals surface area contributed by atoms with E-state index in [4.69, 9.17) is 26.4 Å². The third-order valence-electron chi connectivity index (χ3n) is 3.74. The molecule has 0 radical (unpaired) electrons. The first-order valence-electron chi connectivity index (χ1n) is 7.77. The zero-order chi connectivity index (χ0) is 16.9. The van der Waals surface area contributed by atoms with Gasteiger partial charge in [0.1, 0.15) is 19.0 Å². The van der Waals surface area contributed by atoms with Crippen LogP contribution in [0.2, 0.25) is 0 Å². The molecule has 0 unspecified atom stereocenters. The number of thiocarbonyl (C=S) groups is 1. The Morgan fingerprint density at radius 2 is 1.92 bits per heavy atom. The standard InChI is InChI=1S/C18H20N2O3S/c1-12(13-6-7-16-17(10-13)23-9-8-22-16)19-18(24)20-14-4-3-5-15(11-14)21-2/h3-7,10-12H,8-9H2,1-2H3,(H2,19,20,24)/t12-/m0/s1. The maximum atomic E-state index is 5.63. The fourth-order valence-corrected chi connectivity index (χ4v) is 2.77. The number of ether oxygens (including phenoxy) is 3. The number of benzene rings is 2. The lowest BCUT2D eigenvalue weighted by molar-refractivity contribution is 0.171. The second-order valence-electron chi connectivity index (χ2n) is 5.46. The van der Waals surface area contributed by atoms with Gasteiger partial charge in [-0.3, -0.25) is 0 Å². The zero-order valence-corrected chi connectivity index (χ0v) is 14.5. The molecule has 5 nitrogen and oxygen atoms in total. The highest BCUT2D eigenvalue weighted by Gasteiger charge is 2.15. The third kappa shape index (κ3) is 3.89. The van der Waals surface area contributed by atoms with Gasteiger partial charge in [0.2, 0.25) is 0 Å². The first-order chi connectivity index (χ1) is 11.7. The normalized spacial score (nSPS) is 13.8. The van der Waals surface area contributed by atoms with Crippen molar-refractivity contribution in [2.75, 3.05) is 25.6 Å². The molecule has 0 aliphatic carbocycles. The van der Waals surface area contributed by atoms with Gasteiger partial charge >= 0.3 is 0 Å². The van der Waals surface area contributed by atoms with Crippen LogP contribution in [0.25, 0.3) is 0 Å². The molecular weight excluding hydrogens is 324 g/mol. The van der Waals surface area contributed by atoms with Crippen LogP contribution < -0.4 is 24.8 Å². The van der Waals surface area contributed by atoms with Gasteiger partial charge in [-0.05, 0) is 49.0 Å². The predicted octanol–water partition coefficient (Wildman–Crippen LogP) is 3.51. The lowest BCUT2D eigenvalue weighted by atomic mass is 10.1. The van der Waals surface area contributed by atoms with Crippen molar-refractivity contribution in [1.29, 1.82) is 0 Å². The lowest BCUT2D eigenvalue weighted by Gasteiger charge is -2.22. The van der Waals surface area contributed by atoms with Gasteiger partial charge < -0.3 is 24.8 Å². The van der Waals surface area contributed by atoms with Crippen molar-refractivity contribution in [3.8, 4) is 17.2 Å². The molecule has 1 heterocycles. The summed E-state index contributed by atoms with van der Waals surface area (Å²) in [6.07, 6.45) is 0. The summed E-state index contributed by atoms with van der Waals surface area (Å²) in [6, 6.07) is 13.6. The average Bonchev–Trinajstić information content (AvgIpc) is 2.61. The third-order valence-corrected chi connectivity index (χ3v) is 3.96. The Hall–Kier alpha value is -2.47. The molecule has 2 aromatic rings. The number of hydrogen-bond donors (Lipinski definition) is 2. The Labute approximate surface area is 146 Å². The van der Waals surface area contributed by atoms with E-state index in [0.29, 0.717) is 18.3 Å². The van der Waals surface area contributed by atoms with E-state index >= 15 is 0 Å². The maximum absolute atomic E-state index is 5.63. The molecule has 1 atom stereocenters. The minimum Gasteiger partial charge on any atom is -0.497 e. The van der Waals surface area contributed by atoms with E-state index in [9.17, 15) is 0 Å². The summed E-state index contributed by atoms with van der Waals surface area (Å²) < 4.78 is 16.4. The van der Waals surface area contributed by atoms with Crippen molar-refractivity contribution in [3.63, 3.8) is 0 Å². The van der Waals surface area contributed by atoms with Gasteiger partial charge in [0.25, 0.3) is 0 Å². The van der Waals surface area contributed by atoms with Crippen LogP contribution in [-0.4, -0.2) is 25.4 Å². The van der Waals surface area contributed by atoms with Gasteiger partial charge in [-0.2, -0.15) is 0 Å². The van der Waals surface area contributed by atoms with E-state index in [2.05, 4.69) is 10.6 Å². The summed E-state index contributed by atoms with van der Waals surface area (Å²) in [5.41, 5.74) is 1.95. The van der Waals surface area contributed by atoms with Crippen molar-refractivity contribution < 1.29 is 14.2 Å². The van der Waals surface area contributed by atoms with Crippen molar-refractivity contribution in [3.05, 3.63) is 48.0 Å². The molecule has 3 rings (SSSR count). The molecule has 0 amide bonds. The van der Waals surface area contributed by atoms with Crippen LogP contribution in [0.4, 0.5) is 5.69 Å². The minimum absolute atomic E-state index is 0.0337. The molecule has 0 aromatic heterocycles. The molecule has 2 aromatic carbocycles. The van der Waals surface area contributed by atoms with Crippen LogP contribution in [0, 0.1) is 0 Å². The molecule has 0 saturated heterocycles. The van der Waals surface area contributed by atoms with Crippen LogP contribution in [0.5, 0.6) is 17.2 Å². The molecular formula is C18H20N2O3S. The largest absolute Gasteiger partial charge is 0.497 e. The molecule has 24 heavy (non-hydrogen) atoms. The predicted molar refractivity (Wildman–Crippen MR) is 98.2 cm³/mol. The molecule has 126 valence electrons. The average molecular weight is 344 g/mol. The van der Waals surface area contributed by atoms with Crippen molar-refractivity contribution in [2.45, 2.75) is 13.0 Å². The van der Waals surface area contributed by atoms with E-state index < -0.39 is 0 Å². The number of rotatable bonds is 4. The molecule has 0 fully saturated rings. The highest BCUT2D eigenvalue weighted by molar-refractivity contribution is 7.80. The summed E-state index contributed by atoms with van der Waals surface area (Å²) in [5, 5.41) is 6.98. The number of fused-ring (bicyclic) bond motifs is 1. The van der Waals surface area contributed by atoms with Gasteiger partial charge in [0, 0.05) is 11.8 Å². The number of nitrogens with one attached hydrogen (secondary N) is 2. The molecule has 0 bridgehead atoms. The number of methoxy groups -OCH3 is 1. The van der Waals surface area contributed by atoms with Gasteiger partial charge in [-0.25, -0.2) is 0 Å². The van der Waals surface area contributed by atoms with Gasteiger partial charge in [-0.1, -0.05) is 12.1 Å². The summed E-state index contributed by atoms with van der Waals surface area (Å²) in [5.74, 6) is 2.34. The van der Waals surface area contributed by atoms with E-state index in [0.717, 1.165) is 28.5 Å². The summed E-state index contributed by atoms with van der Waals surface area (Å²) in [4.78, 5) is 0. The Morgan fingerprint density at radius 1 is 1.12 bits per heavy atom. The second kappa shape index (κ2) is 7.40. The first kappa shape index (κ1) is 16.4. The highest BCUT2D eigenvalue weighted by atomic mass is 32.1. The molecule has 0 spiro atoms. The van der Waals surface area contributed by atoms with Crippen LogP contribution in [0.1, 0.15) is 18.5 Å². The van der Waals surface area contributed by atoms with Crippen molar-refractivity contribution >= 4 is 23.0 Å². The Kier molecular flexibility index (Phi) is 5.05. The summed E-state index contributed by atoms with van der Waals surface area (Å²) in [6.45, 7) is 3.22. The summed E-state index contributed by atoms with van der Waals surface area (Å²) in [7, 11) is 1.64. The van der Waals surface area contributed by atoms with Crippen LogP contribution in [0.15, 0.2) is 42.5 Å². The monoisotopic (exact) mass is 344 g/mol. The van der Waals surface area contributed by atoms with E-state index in [1.54, 1.807) is 7.11 Å². The van der Waals surface area contributed by atoms with Crippen LogP contribution >= 0.6 is 12.2 Å². The fraction of sp³-hybridized carbons (Fsp3) is 0.278. The Balaban J connectivity index is 1.63. The van der Waals surface area contributed by atoms with Crippen LogP contribution in [-0.2, 0) is 0 Å². The molecule has 1 aliphatic heterocycles. The van der Waals surface area contributed by atoms with E-state index in [1.165, 1.54) is 0 Å². The number of anilines is 1. The quantitative estimate of drug-likeness (QED) is 0.828. The summed E-state index contributed by atoms with van der Waals surface area (Å²) >= 11 is 5.39. The highest BCUT2D eigenvalue weighted by Crippen LogP contribution is 2.32. The van der Waals surface area contributed by atoms with Crippen molar-refractivity contribution in [2.24, 2.45) is 0 Å². The number of hydrogen-bond acceptors (Lipinski definition) is 4. The smallest absolute Gasteiger partial charge is 0.171 e. The lowest BCUT2D eigenvalue weighted by Crippen LogP contribution is -2.31. The topological polar surface area (TPSA) is 51.8 Å². The zero-order valence-electron chi connectivity index (χ0n) is 13.7. The van der Waals surface area contributed by atoms with Gasteiger partial charge in [-0.15, -0.1) is 0 Å². The molecule has 6 heteroatoms. The van der Waals surface area contributed by atoms with E-state index in [1.807, 2.05) is 49.4 Å². The molecule has 0 saturated carbocycles. The maximum Gasteiger partial charge on any atom is 0.171 e. The first-order valence-corrected chi connectivity index (χ1v) is 8.17. The Morgan fingerprint density at radius 3 is 2.71 bits per heavy atom. The fourth-order valence-electron chi connectivity index (χ4n) is 2.48. The SMILES string of the molecule is COc1cccc(NC(=S)N[C@@H](C)c2ccc3c(c2)OCCO3)c1. The van der Waals surface area contributed by atoms with Crippen molar-refractivity contribution in [1.82, 2.24) is 5.32 Å². The van der Waals surface area contributed by atoms with Gasteiger partial charge in [0.05, 0.1) is 13.2 Å². The van der Waals surface area contributed by atoms with Crippen LogP contribution in [0.3, 0.4) is 0 Å².